The van der Waals surface area contributed by atoms with Gasteiger partial charge in [0.2, 0.25) is 0 Å². The van der Waals surface area contributed by atoms with Gasteiger partial charge in [0.25, 0.3) is 0 Å². The van der Waals surface area contributed by atoms with Crippen LogP contribution in [-0.4, -0.2) is 5.25 Å². The van der Waals surface area contributed by atoms with Crippen molar-refractivity contribution in [3.63, 3.8) is 0 Å². The minimum absolute atomic E-state index is 0.487. The lowest BCUT2D eigenvalue weighted by Crippen LogP contribution is -1.99. The number of rotatable bonds is 3. The molecule has 0 heterocycles. The van der Waals surface area contributed by atoms with Crippen LogP contribution in [0.15, 0.2) is 24.3 Å². The summed E-state index contributed by atoms with van der Waals surface area (Å²) in [5.41, 5.74) is 8.04. The molecule has 0 aliphatic heterocycles. The average molecular weight is 195 g/mol. The molecule has 0 bridgehead atoms. The number of thioether (sulfide) groups is 1. The smallest absolute Gasteiger partial charge is 0.0357 e. The van der Waals surface area contributed by atoms with Gasteiger partial charge in [-0.15, -0.1) is 0 Å². The highest BCUT2D eigenvalue weighted by Crippen LogP contribution is 2.34. The quantitative estimate of drug-likeness (QED) is 0.747. The summed E-state index contributed by atoms with van der Waals surface area (Å²) in [4.78, 5) is 0. The summed E-state index contributed by atoms with van der Waals surface area (Å²) in [5.74, 6) is 0. The van der Waals surface area contributed by atoms with Crippen LogP contribution in [-0.2, 0) is 0 Å². The van der Waals surface area contributed by atoms with Crippen LogP contribution < -0.4 is 5.73 Å². The van der Waals surface area contributed by atoms with E-state index in [1.165, 1.54) is 5.56 Å². The van der Waals surface area contributed by atoms with Crippen LogP contribution in [0.2, 0.25) is 0 Å². The maximum atomic E-state index is 5.88. The van der Waals surface area contributed by atoms with Crippen LogP contribution in [0.1, 0.15) is 31.6 Å². The third kappa shape index (κ3) is 2.96. The van der Waals surface area contributed by atoms with Gasteiger partial charge in [0.05, 0.1) is 0 Å². The van der Waals surface area contributed by atoms with Crippen LogP contribution in [0, 0.1) is 0 Å². The first kappa shape index (κ1) is 10.5. The molecule has 0 radical (unpaired) electrons. The molecule has 1 aromatic carbocycles. The summed E-state index contributed by atoms with van der Waals surface area (Å²) in [6.07, 6.45) is 0. The van der Waals surface area contributed by atoms with Crippen LogP contribution in [0.3, 0.4) is 0 Å². The van der Waals surface area contributed by atoms with E-state index >= 15 is 0 Å². The molecule has 0 amide bonds. The largest absolute Gasteiger partial charge is 0.398 e. The minimum atomic E-state index is 0.487. The molecule has 0 fully saturated rings. The van der Waals surface area contributed by atoms with Gasteiger partial charge in [0.1, 0.15) is 0 Å². The highest BCUT2D eigenvalue weighted by molar-refractivity contribution is 8.00. The van der Waals surface area contributed by atoms with Crippen molar-refractivity contribution in [1.29, 1.82) is 0 Å². The molecule has 1 aromatic rings. The Labute approximate surface area is 84.7 Å². The molecule has 0 saturated carbocycles. The van der Waals surface area contributed by atoms with Crippen molar-refractivity contribution in [3.8, 4) is 0 Å². The standard InChI is InChI=1S/C11H17NS/c1-8(2)13-9(3)10-6-4-5-7-11(10)12/h4-9H,12H2,1-3H3. The van der Waals surface area contributed by atoms with Crippen LogP contribution in [0.25, 0.3) is 0 Å². The monoisotopic (exact) mass is 195 g/mol. The van der Waals surface area contributed by atoms with Crippen LogP contribution in [0.5, 0.6) is 0 Å². The molecule has 0 aromatic heterocycles. The molecule has 72 valence electrons. The molecular weight excluding hydrogens is 178 g/mol. The summed E-state index contributed by atoms with van der Waals surface area (Å²) < 4.78 is 0. The Morgan fingerprint density at radius 3 is 2.31 bits per heavy atom. The van der Waals surface area contributed by atoms with Crippen molar-refractivity contribution in [1.82, 2.24) is 0 Å². The first-order chi connectivity index (χ1) is 6.11. The molecule has 2 heteroatoms. The van der Waals surface area contributed by atoms with E-state index in [4.69, 9.17) is 5.73 Å². The van der Waals surface area contributed by atoms with Crippen molar-refractivity contribution in [2.45, 2.75) is 31.3 Å². The second kappa shape index (κ2) is 4.56. The first-order valence-corrected chi connectivity index (χ1v) is 5.55. The molecule has 0 aliphatic carbocycles. The zero-order valence-electron chi connectivity index (χ0n) is 8.45. The Kier molecular flexibility index (Phi) is 3.67. The summed E-state index contributed by atoms with van der Waals surface area (Å²) in [5, 5.41) is 1.14. The number of nitrogen functional groups attached to an aromatic ring is 1. The fourth-order valence-electron chi connectivity index (χ4n) is 1.36. The van der Waals surface area contributed by atoms with Crippen molar-refractivity contribution in [2.75, 3.05) is 5.73 Å². The Morgan fingerprint density at radius 1 is 1.15 bits per heavy atom. The Morgan fingerprint density at radius 2 is 1.77 bits per heavy atom. The van der Waals surface area contributed by atoms with E-state index in [1.807, 2.05) is 30.0 Å². The molecule has 0 saturated heterocycles. The number of nitrogens with two attached hydrogens (primary N) is 1. The first-order valence-electron chi connectivity index (χ1n) is 4.61. The average Bonchev–Trinajstić information content (AvgIpc) is 2.03. The third-order valence-corrected chi connectivity index (χ3v) is 3.12. The summed E-state index contributed by atoms with van der Waals surface area (Å²) >= 11 is 1.94. The molecular formula is C11H17NS. The van der Waals surface area contributed by atoms with Gasteiger partial charge < -0.3 is 5.73 Å². The second-order valence-electron chi connectivity index (χ2n) is 3.46. The lowest BCUT2D eigenvalue weighted by molar-refractivity contribution is 1.05. The molecule has 1 unspecified atom stereocenters. The molecule has 0 spiro atoms. The van der Waals surface area contributed by atoms with Crippen molar-refractivity contribution in [2.24, 2.45) is 0 Å². The summed E-state index contributed by atoms with van der Waals surface area (Å²) in [6, 6.07) is 8.09. The van der Waals surface area contributed by atoms with Crippen LogP contribution in [0.4, 0.5) is 5.69 Å². The zero-order chi connectivity index (χ0) is 9.84. The number of para-hydroxylation sites is 1. The molecule has 0 aliphatic rings. The maximum Gasteiger partial charge on any atom is 0.0357 e. The lowest BCUT2D eigenvalue weighted by Gasteiger charge is -2.15. The van der Waals surface area contributed by atoms with E-state index in [0.29, 0.717) is 10.5 Å². The lowest BCUT2D eigenvalue weighted by atomic mass is 10.1. The second-order valence-corrected chi connectivity index (χ2v) is 5.38. The van der Waals surface area contributed by atoms with Gasteiger partial charge in [-0.1, -0.05) is 32.0 Å². The van der Waals surface area contributed by atoms with Crippen molar-refractivity contribution >= 4 is 17.4 Å². The molecule has 2 N–H and O–H groups in total. The molecule has 1 rings (SSSR count). The van der Waals surface area contributed by atoms with Gasteiger partial charge >= 0.3 is 0 Å². The highest BCUT2D eigenvalue weighted by atomic mass is 32.2. The van der Waals surface area contributed by atoms with Gasteiger partial charge in [0.15, 0.2) is 0 Å². The number of hydrogen-bond acceptors (Lipinski definition) is 2. The summed E-state index contributed by atoms with van der Waals surface area (Å²) in [6.45, 7) is 6.62. The summed E-state index contributed by atoms with van der Waals surface area (Å²) in [7, 11) is 0. The van der Waals surface area contributed by atoms with Gasteiger partial charge in [-0.05, 0) is 23.8 Å². The predicted octanol–water partition coefficient (Wildman–Crippen LogP) is 3.47. The maximum absolute atomic E-state index is 5.88. The van der Waals surface area contributed by atoms with Crippen molar-refractivity contribution < 1.29 is 0 Å². The zero-order valence-corrected chi connectivity index (χ0v) is 9.27. The fraction of sp³-hybridized carbons (Fsp3) is 0.455. The fourth-order valence-corrected chi connectivity index (χ4v) is 2.54. The van der Waals surface area contributed by atoms with E-state index in [-0.39, 0.29) is 0 Å². The SMILES string of the molecule is CC(C)SC(C)c1ccccc1N. The van der Waals surface area contributed by atoms with E-state index in [2.05, 4.69) is 26.8 Å². The molecule has 1 atom stereocenters. The van der Waals surface area contributed by atoms with E-state index in [1.54, 1.807) is 0 Å². The Balaban J connectivity index is 2.76. The Hall–Kier alpha value is -0.630. The number of benzene rings is 1. The highest BCUT2D eigenvalue weighted by Gasteiger charge is 2.09. The van der Waals surface area contributed by atoms with E-state index in [9.17, 15) is 0 Å². The van der Waals surface area contributed by atoms with Crippen LogP contribution >= 0.6 is 11.8 Å². The van der Waals surface area contributed by atoms with Gasteiger partial charge in [-0.2, -0.15) is 11.8 Å². The third-order valence-electron chi connectivity index (χ3n) is 1.91. The molecule has 1 nitrogen and oxygen atoms in total. The topological polar surface area (TPSA) is 26.0 Å². The predicted molar refractivity (Wildman–Crippen MR) is 62.0 cm³/mol. The normalized spacial score (nSPS) is 13.2. The molecule has 13 heavy (non-hydrogen) atoms. The van der Waals surface area contributed by atoms with Gasteiger partial charge in [-0.25, -0.2) is 0 Å². The number of hydrogen-bond donors (Lipinski definition) is 1. The minimum Gasteiger partial charge on any atom is -0.398 e. The van der Waals surface area contributed by atoms with Gasteiger partial charge in [0, 0.05) is 10.9 Å². The number of anilines is 1. The van der Waals surface area contributed by atoms with Gasteiger partial charge in [-0.3, -0.25) is 0 Å². The Bertz CT molecular complexity index is 271. The van der Waals surface area contributed by atoms with Crippen molar-refractivity contribution in [3.05, 3.63) is 29.8 Å². The van der Waals surface area contributed by atoms with E-state index < -0.39 is 0 Å². The van der Waals surface area contributed by atoms with E-state index in [0.717, 1.165) is 5.69 Å².